The van der Waals surface area contributed by atoms with Crippen LogP contribution in [0.25, 0.3) is 0 Å². The summed E-state index contributed by atoms with van der Waals surface area (Å²) >= 11 is 0. The molecule has 20 heavy (non-hydrogen) atoms. The molecular weight excluding hydrogens is 260 g/mol. The van der Waals surface area contributed by atoms with E-state index in [-0.39, 0.29) is 11.9 Å². The molecule has 2 aromatic rings. The quantitative estimate of drug-likeness (QED) is 0.907. The van der Waals surface area contributed by atoms with Crippen LogP contribution in [0.3, 0.4) is 0 Å². The SMILES string of the molecule is CC(C)c1cc2n(n1)C(c1cc(F)ccc1F)CCN2. The van der Waals surface area contributed by atoms with Gasteiger partial charge in [0.2, 0.25) is 0 Å². The Bertz CT molecular complexity index is 634. The Morgan fingerprint density at radius 3 is 2.85 bits per heavy atom. The summed E-state index contributed by atoms with van der Waals surface area (Å²) in [7, 11) is 0. The number of hydrogen-bond donors (Lipinski definition) is 1. The third-order valence-corrected chi connectivity index (χ3v) is 3.68. The number of halogens is 2. The molecule has 1 aliphatic heterocycles. The van der Waals surface area contributed by atoms with E-state index in [1.165, 1.54) is 12.1 Å². The maximum atomic E-state index is 14.0. The van der Waals surface area contributed by atoms with Gasteiger partial charge in [-0.15, -0.1) is 0 Å². The van der Waals surface area contributed by atoms with Gasteiger partial charge in [-0.3, -0.25) is 0 Å². The molecule has 0 amide bonds. The van der Waals surface area contributed by atoms with Crippen LogP contribution in [0.2, 0.25) is 0 Å². The molecule has 1 atom stereocenters. The van der Waals surface area contributed by atoms with E-state index >= 15 is 0 Å². The third kappa shape index (κ3) is 2.17. The van der Waals surface area contributed by atoms with Crippen molar-refractivity contribution in [3.8, 4) is 0 Å². The van der Waals surface area contributed by atoms with Crippen LogP contribution in [-0.2, 0) is 0 Å². The minimum Gasteiger partial charge on any atom is -0.370 e. The summed E-state index contributed by atoms with van der Waals surface area (Å²) in [4.78, 5) is 0. The molecule has 0 saturated heterocycles. The van der Waals surface area contributed by atoms with Gasteiger partial charge in [-0.25, -0.2) is 13.5 Å². The van der Waals surface area contributed by atoms with Gasteiger partial charge < -0.3 is 5.32 Å². The van der Waals surface area contributed by atoms with Crippen LogP contribution < -0.4 is 5.32 Å². The van der Waals surface area contributed by atoms with E-state index in [1.807, 2.05) is 6.07 Å². The molecule has 2 heterocycles. The van der Waals surface area contributed by atoms with Crippen molar-refractivity contribution < 1.29 is 8.78 Å². The molecule has 0 bridgehead atoms. The van der Waals surface area contributed by atoms with Crippen LogP contribution >= 0.6 is 0 Å². The molecule has 1 unspecified atom stereocenters. The predicted molar refractivity (Wildman–Crippen MR) is 73.9 cm³/mol. The zero-order valence-corrected chi connectivity index (χ0v) is 11.5. The van der Waals surface area contributed by atoms with Crippen LogP contribution in [0, 0.1) is 11.6 Å². The fourth-order valence-corrected chi connectivity index (χ4v) is 2.58. The fraction of sp³-hybridized carbons (Fsp3) is 0.400. The molecule has 1 aromatic carbocycles. The second-order valence-corrected chi connectivity index (χ2v) is 5.45. The van der Waals surface area contributed by atoms with Crippen molar-refractivity contribution in [2.24, 2.45) is 0 Å². The first-order chi connectivity index (χ1) is 9.56. The first-order valence-corrected chi connectivity index (χ1v) is 6.84. The van der Waals surface area contributed by atoms with Gasteiger partial charge in [0.15, 0.2) is 0 Å². The zero-order chi connectivity index (χ0) is 14.3. The topological polar surface area (TPSA) is 29.9 Å². The van der Waals surface area contributed by atoms with Crippen molar-refractivity contribution >= 4 is 5.82 Å². The maximum absolute atomic E-state index is 14.0. The van der Waals surface area contributed by atoms with Crippen LogP contribution in [0.1, 0.15) is 43.5 Å². The highest BCUT2D eigenvalue weighted by atomic mass is 19.1. The Morgan fingerprint density at radius 2 is 2.10 bits per heavy atom. The van der Waals surface area contributed by atoms with Gasteiger partial charge in [0.1, 0.15) is 17.5 Å². The Kier molecular flexibility index (Phi) is 3.20. The summed E-state index contributed by atoms with van der Waals surface area (Å²) in [5, 5.41) is 7.80. The molecule has 1 N–H and O–H groups in total. The van der Waals surface area contributed by atoms with Crippen LogP contribution in [0.5, 0.6) is 0 Å². The summed E-state index contributed by atoms with van der Waals surface area (Å²) in [6, 6.07) is 5.32. The van der Waals surface area contributed by atoms with Crippen LogP contribution in [-0.4, -0.2) is 16.3 Å². The van der Waals surface area contributed by atoms with Crippen molar-refractivity contribution in [1.29, 1.82) is 0 Å². The van der Waals surface area contributed by atoms with Crippen molar-refractivity contribution in [2.45, 2.75) is 32.2 Å². The number of benzene rings is 1. The van der Waals surface area contributed by atoms with Gasteiger partial charge in [-0.1, -0.05) is 13.8 Å². The van der Waals surface area contributed by atoms with Gasteiger partial charge >= 0.3 is 0 Å². The summed E-state index contributed by atoms with van der Waals surface area (Å²) in [5.74, 6) is 0.366. The van der Waals surface area contributed by atoms with Gasteiger partial charge in [0.05, 0.1) is 11.7 Å². The van der Waals surface area contributed by atoms with E-state index in [0.29, 0.717) is 17.9 Å². The second kappa shape index (κ2) is 4.89. The molecule has 1 aromatic heterocycles. The smallest absolute Gasteiger partial charge is 0.128 e. The largest absolute Gasteiger partial charge is 0.370 e. The van der Waals surface area contributed by atoms with E-state index in [1.54, 1.807) is 4.68 Å². The number of rotatable bonds is 2. The van der Waals surface area contributed by atoms with E-state index in [2.05, 4.69) is 24.3 Å². The number of nitrogens with zero attached hydrogens (tertiary/aromatic N) is 2. The van der Waals surface area contributed by atoms with Crippen molar-refractivity contribution in [3.63, 3.8) is 0 Å². The lowest BCUT2D eigenvalue weighted by Gasteiger charge is -2.26. The Labute approximate surface area is 116 Å². The van der Waals surface area contributed by atoms with Crippen molar-refractivity contribution in [3.05, 3.63) is 47.2 Å². The van der Waals surface area contributed by atoms with Crippen molar-refractivity contribution in [1.82, 2.24) is 9.78 Å². The standard InChI is InChI=1S/C15H17F2N3/c1-9(2)13-8-15-18-6-5-14(20(15)19-13)11-7-10(16)3-4-12(11)17/h3-4,7-9,14,18H,5-6H2,1-2H3. The molecule has 0 aliphatic carbocycles. The average molecular weight is 277 g/mol. The number of anilines is 1. The van der Waals surface area contributed by atoms with Gasteiger partial charge in [0.25, 0.3) is 0 Å². The second-order valence-electron chi connectivity index (χ2n) is 5.45. The summed E-state index contributed by atoms with van der Waals surface area (Å²) in [5.41, 5.74) is 1.32. The lowest BCUT2D eigenvalue weighted by molar-refractivity contribution is 0.450. The summed E-state index contributed by atoms with van der Waals surface area (Å²) in [6.45, 7) is 4.85. The van der Waals surface area contributed by atoms with Gasteiger partial charge in [0, 0.05) is 18.2 Å². The Balaban J connectivity index is 2.07. The molecule has 0 saturated carbocycles. The molecule has 1 aliphatic rings. The molecular formula is C15H17F2N3. The van der Waals surface area contributed by atoms with E-state index in [9.17, 15) is 8.78 Å². The zero-order valence-electron chi connectivity index (χ0n) is 11.5. The molecule has 0 fully saturated rings. The number of hydrogen-bond acceptors (Lipinski definition) is 2. The highest BCUT2D eigenvalue weighted by molar-refractivity contribution is 5.42. The van der Waals surface area contributed by atoms with Crippen molar-refractivity contribution in [2.75, 3.05) is 11.9 Å². The first kappa shape index (κ1) is 13.1. The average Bonchev–Trinajstić information content (AvgIpc) is 2.85. The normalized spacial score (nSPS) is 17.9. The van der Waals surface area contributed by atoms with Crippen LogP contribution in [0.4, 0.5) is 14.6 Å². The molecule has 0 spiro atoms. The lowest BCUT2D eigenvalue weighted by atomic mass is 10.0. The minimum atomic E-state index is -0.419. The molecule has 0 radical (unpaired) electrons. The Hall–Kier alpha value is -1.91. The summed E-state index contributed by atoms with van der Waals surface area (Å²) < 4.78 is 29.2. The van der Waals surface area contributed by atoms with Gasteiger partial charge in [-0.05, 0) is 30.5 Å². The predicted octanol–water partition coefficient (Wildman–Crippen LogP) is 3.69. The number of fused-ring (bicyclic) bond motifs is 1. The highest BCUT2D eigenvalue weighted by Gasteiger charge is 2.26. The lowest BCUT2D eigenvalue weighted by Crippen LogP contribution is -2.25. The monoisotopic (exact) mass is 277 g/mol. The molecule has 106 valence electrons. The van der Waals surface area contributed by atoms with E-state index in [4.69, 9.17) is 0 Å². The highest BCUT2D eigenvalue weighted by Crippen LogP contribution is 2.32. The van der Waals surface area contributed by atoms with Gasteiger partial charge in [-0.2, -0.15) is 5.10 Å². The van der Waals surface area contributed by atoms with E-state index in [0.717, 1.165) is 24.1 Å². The minimum absolute atomic E-state index is 0.255. The van der Waals surface area contributed by atoms with Crippen LogP contribution in [0.15, 0.2) is 24.3 Å². The number of aromatic nitrogens is 2. The first-order valence-electron chi connectivity index (χ1n) is 6.84. The maximum Gasteiger partial charge on any atom is 0.128 e. The van der Waals surface area contributed by atoms with E-state index < -0.39 is 5.82 Å². The fourth-order valence-electron chi connectivity index (χ4n) is 2.58. The summed E-state index contributed by atoms with van der Waals surface area (Å²) in [6.07, 6.45) is 0.687. The molecule has 3 rings (SSSR count). The number of nitrogens with one attached hydrogen (secondary N) is 1. The third-order valence-electron chi connectivity index (χ3n) is 3.68. The Morgan fingerprint density at radius 1 is 1.30 bits per heavy atom. The molecule has 5 heteroatoms. The molecule has 3 nitrogen and oxygen atoms in total.